The van der Waals surface area contributed by atoms with Crippen molar-refractivity contribution in [1.82, 2.24) is 4.90 Å². The average Bonchev–Trinajstić information content (AvgIpc) is 2.20. The van der Waals surface area contributed by atoms with Crippen LogP contribution in [0, 0.1) is 0 Å². The van der Waals surface area contributed by atoms with Gasteiger partial charge in [-0.05, 0) is 33.0 Å². The number of nitrogens with zero attached hydrogens (tertiary/aromatic N) is 1. The number of carbonyl (C=O) groups is 1. The van der Waals surface area contributed by atoms with E-state index in [1.807, 2.05) is 32.6 Å². The normalized spacial score (nSPS) is 14.1. The highest BCUT2D eigenvalue weighted by Gasteiger charge is 2.23. The second-order valence-corrected chi connectivity index (χ2v) is 10.4. The summed E-state index contributed by atoms with van der Waals surface area (Å²) in [7, 11) is -0.905. The molecule has 0 N–H and O–H groups in total. The molecule has 0 saturated carbocycles. The van der Waals surface area contributed by atoms with E-state index in [0.29, 0.717) is 0 Å². The number of amides is 1. The van der Waals surface area contributed by atoms with Crippen LogP contribution in [0.5, 0.6) is 0 Å². The SMILES string of the molecule is CC=CN(C(=O)OO[Si](C)(C)C)C([SiH3])CC. The summed E-state index contributed by atoms with van der Waals surface area (Å²) in [5, 5.41) is 0. The third-order valence-electron chi connectivity index (χ3n) is 1.95. The third-order valence-corrected chi connectivity index (χ3v) is 3.91. The van der Waals surface area contributed by atoms with Crippen LogP contribution in [0.4, 0.5) is 4.79 Å². The van der Waals surface area contributed by atoms with Gasteiger partial charge in [-0.15, -0.1) is 0 Å². The van der Waals surface area contributed by atoms with Crippen LogP contribution in [0.3, 0.4) is 0 Å². The van der Waals surface area contributed by atoms with Crippen LogP contribution >= 0.6 is 0 Å². The molecule has 0 aromatic carbocycles. The van der Waals surface area contributed by atoms with Crippen molar-refractivity contribution in [2.75, 3.05) is 0 Å². The van der Waals surface area contributed by atoms with Crippen molar-refractivity contribution in [3.63, 3.8) is 0 Å². The zero-order chi connectivity index (χ0) is 12.8. The number of rotatable bonds is 5. The third kappa shape index (κ3) is 6.09. The van der Waals surface area contributed by atoms with E-state index in [1.54, 1.807) is 11.1 Å². The molecular formula is C10H23NO3Si2. The van der Waals surface area contributed by atoms with Gasteiger partial charge >= 0.3 is 6.09 Å². The Morgan fingerprint density at radius 3 is 2.44 bits per heavy atom. The molecule has 94 valence electrons. The standard InChI is InChI=1S/C10H23NO3Si2/c1-6-8-11(9(15)7-2)10(12)13-14-16(3,4)5/h6,8-9H,7H2,1-5,15H3. The molecule has 0 saturated heterocycles. The minimum absolute atomic E-state index is 0.244. The maximum absolute atomic E-state index is 11.8. The molecule has 4 nitrogen and oxygen atoms in total. The Labute approximate surface area is 102 Å². The summed E-state index contributed by atoms with van der Waals surface area (Å²) in [4.78, 5) is 18.2. The molecule has 0 aromatic heterocycles. The molecule has 0 fully saturated rings. The molecule has 0 radical (unpaired) electrons. The van der Waals surface area contributed by atoms with Crippen molar-refractivity contribution in [2.45, 2.75) is 45.6 Å². The fraction of sp³-hybridized carbons (Fsp3) is 0.700. The van der Waals surface area contributed by atoms with E-state index in [-0.39, 0.29) is 5.67 Å². The summed E-state index contributed by atoms with van der Waals surface area (Å²) in [6.07, 6.45) is 4.09. The molecule has 0 spiro atoms. The van der Waals surface area contributed by atoms with Crippen molar-refractivity contribution < 1.29 is 14.3 Å². The molecule has 0 bridgehead atoms. The molecule has 0 heterocycles. The summed E-state index contributed by atoms with van der Waals surface area (Å²) in [6.45, 7) is 9.85. The average molecular weight is 261 g/mol. The molecule has 6 heteroatoms. The van der Waals surface area contributed by atoms with E-state index in [9.17, 15) is 4.79 Å². The first-order chi connectivity index (χ1) is 7.31. The molecule has 0 rings (SSSR count). The van der Waals surface area contributed by atoms with Gasteiger partial charge in [-0.2, -0.15) is 0 Å². The van der Waals surface area contributed by atoms with E-state index in [1.165, 1.54) is 0 Å². The Bertz CT molecular complexity index is 251. The summed E-state index contributed by atoms with van der Waals surface area (Å²) in [6, 6.07) is 0. The van der Waals surface area contributed by atoms with E-state index >= 15 is 0 Å². The lowest BCUT2D eigenvalue weighted by atomic mass is 10.4. The van der Waals surface area contributed by atoms with Crippen LogP contribution in [0.15, 0.2) is 12.3 Å². The molecule has 16 heavy (non-hydrogen) atoms. The number of allylic oxidation sites excluding steroid dienone is 1. The first kappa shape index (κ1) is 15.4. The first-order valence-corrected chi connectivity index (χ1v) is 10.2. The predicted molar refractivity (Wildman–Crippen MR) is 71.6 cm³/mol. The van der Waals surface area contributed by atoms with Crippen LogP contribution in [-0.2, 0) is 9.46 Å². The summed E-state index contributed by atoms with van der Waals surface area (Å²) in [5.41, 5.74) is 0.244. The fourth-order valence-corrected chi connectivity index (χ4v) is 1.65. The molecule has 0 aromatic rings. The Balaban J connectivity index is 4.40. The maximum Gasteiger partial charge on any atom is 0.444 e. The number of hydrogen-bond donors (Lipinski definition) is 0. The lowest BCUT2D eigenvalue weighted by Crippen LogP contribution is -2.38. The first-order valence-electron chi connectivity index (χ1n) is 5.62. The van der Waals surface area contributed by atoms with Gasteiger partial charge in [0, 0.05) is 22.1 Å². The number of hydrogen-bond acceptors (Lipinski definition) is 3. The molecule has 1 atom stereocenters. The van der Waals surface area contributed by atoms with Crippen LogP contribution in [-0.4, -0.2) is 35.2 Å². The van der Waals surface area contributed by atoms with Gasteiger partial charge in [0.05, 0.1) is 0 Å². The van der Waals surface area contributed by atoms with Crippen molar-refractivity contribution in [1.29, 1.82) is 0 Å². The highest BCUT2D eigenvalue weighted by Crippen LogP contribution is 2.08. The highest BCUT2D eigenvalue weighted by molar-refractivity contribution is 6.69. The molecule has 1 amide bonds. The van der Waals surface area contributed by atoms with Crippen molar-refractivity contribution in [3.8, 4) is 0 Å². The Kier molecular flexibility index (Phi) is 6.62. The smallest absolute Gasteiger partial charge is 0.287 e. The molecule has 1 unspecified atom stereocenters. The van der Waals surface area contributed by atoms with Crippen molar-refractivity contribution in [2.24, 2.45) is 0 Å². The highest BCUT2D eigenvalue weighted by atomic mass is 28.4. The topological polar surface area (TPSA) is 38.8 Å². The zero-order valence-corrected chi connectivity index (χ0v) is 14.1. The van der Waals surface area contributed by atoms with E-state index in [4.69, 9.17) is 9.46 Å². The van der Waals surface area contributed by atoms with Crippen molar-refractivity contribution >= 4 is 24.7 Å². The van der Waals surface area contributed by atoms with Crippen molar-refractivity contribution in [3.05, 3.63) is 12.3 Å². The van der Waals surface area contributed by atoms with Gasteiger partial charge in [-0.1, -0.05) is 13.0 Å². The zero-order valence-electron chi connectivity index (χ0n) is 11.1. The van der Waals surface area contributed by atoms with E-state index < -0.39 is 14.4 Å². The largest absolute Gasteiger partial charge is 0.444 e. The summed E-state index contributed by atoms with van der Waals surface area (Å²) in [5.74, 6) is 0. The fourth-order valence-electron chi connectivity index (χ4n) is 0.949. The van der Waals surface area contributed by atoms with Crippen LogP contribution in [0.2, 0.25) is 19.6 Å². The number of carbonyl (C=O) groups excluding carboxylic acids is 1. The van der Waals surface area contributed by atoms with Gasteiger partial charge in [0.15, 0.2) is 0 Å². The molecule has 0 aliphatic carbocycles. The molecule has 0 aliphatic heterocycles. The lowest BCUT2D eigenvalue weighted by Gasteiger charge is -2.25. The van der Waals surface area contributed by atoms with Gasteiger partial charge in [0.25, 0.3) is 0 Å². The van der Waals surface area contributed by atoms with Gasteiger partial charge in [-0.25, -0.2) is 9.37 Å². The van der Waals surface area contributed by atoms with Crippen LogP contribution in [0.25, 0.3) is 0 Å². The minimum atomic E-state index is -1.82. The van der Waals surface area contributed by atoms with E-state index in [0.717, 1.165) is 16.7 Å². The van der Waals surface area contributed by atoms with Crippen LogP contribution < -0.4 is 0 Å². The van der Waals surface area contributed by atoms with Gasteiger partial charge in [0.2, 0.25) is 8.32 Å². The maximum atomic E-state index is 11.8. The Hall–Kier alpha value is -0.596. The Morgan fingerprint density at radius 2 is 2.06 bits per heavy atom. The predicted octanol–water partition coefficient (Wildman–Crippen LogP) is 1.83. The monoisotopic (exact) mass is 261 g/mol. The quantitative estimate of drug-likeness (QED) is 0.430. The van der Waals surface area contributed by atoms with E-state index in [2.05, 4.69) is 6.92 Å². The minimum Gasteiger partial charge on any atom is -0.287 e. The van der Waals surface area contributed by atoms with Gasteiger partial charge in [0.1, 0.15) is 0 Å². The lowest BCUT2D eigenvalue weighted by molar-refractivity contribution is -0.162. The summed E-state index contributed by atoms with van der Waals surface area (Å²) >= 11 is 0. The van der Waals surface area contributed by atoms with Gasteiger partial charge < -0.3 is 0 Å². The molecular weight excluding hydrogens is 238 g/mol. The molecule has 0 aliphatic rings. The van der Waals surface area contributed by atoms with Crippen LogP contribution in [0.1, 0.15) is 20.3 Å². The van der Waals surface area contributed by atoms with Gasteiger partial charge in [-0.3, -0.25) is 9.79 Å². The second-order valence-electron chi connectivity index (χ2n) is 4.69. The summed E-state index contributed by atoms with van der Waals surface area (Å²) < 4.78 is 5.14. The Morgan fingerprint density at radius 1 is 1.50 bits per heavy atom. The second kappa shape index (κ2) is 6.87.